The molecule has 1 aromatic carbocycles. The van der Waals surface area contributed by atoms with E-state index in [1.54, 1.807) is 0 Å². The predicted molar refractivity (Wildman–Crippen MR) is 61.6 cm³/mol. The molecule has 0 aliphatic carbocycles. The molecule has 0 amide bonds. The maximum Gasteiger partial charge on any atom is 0.307 e. The van der Waals surface area contributed by atoms with Crippen LogP contribution in [0.15, 0.2) is 12.1 Å². The van der Waals surface area contributed by atoms with Gasteiger partial charge < -0.3 is 9.84 Å². The standard InChI is InChI=1S/C13H14O3/c1-4-5-16-13-9(2)6-11(7-10(13)3)8-12(14)15/h1,6-7H,5,8H2,2-3H3,(H,14,15). The Morgan fingerprint density at radius 2 is 2.00 bits per heavy atom. The van der Waals surface area contributed by atoms with Crippen molar-refractivity contribution in [2.24, 2.45) is 0 Å². The van der Waals surface area contributed by atoms with Crippen molar-refractivity contribution in [3.63, 3.8) is 0 Å². The second kappa shape index (κ2) is 5.22. The van der Waals surface area contributed by atoms with Crippen molar-refractivity contribution < 1.29 is 14.6 Å². The van der Waals surface area contributed by atoms with E-state index in [2.05, 4.69) is 5.92 Å². The zero-order chi connectivity index (χ0) is 12.1. The highest BCUT2D eigenvalue weighted by atomic mass is 16.5. The Bertz CT molecular complexity index is 418. The first kappa shape index (κ1) is 12.1. The number of benzene rings is 1. The SMILES string of the molecule is C#CCOc1c(C)cc(CC(=O)O)cc1C. The van der Waals surface area contributed by atoms with Gasteiger partial charge in [0.05, 0.1) is 6.42 Å². The van der Waals surface area contributed by atoms with E-state index in [-0.39, 0.29) is 13.0 Å². The summed E-state index contributed by atoms with van der Waals surface area (Å²) in [5.41, 5.74) is 2.59. The lowest BCUT2D eigenvalue weighted by atomic mass is 10.0. The van der Waals surface area contributed by atoms with E-state index in [9.17, 15) is 4.79 Å². The number of hydrogen-bond donors (Lipinski definition) is 1. The summed E-state index contributed by atoms with van der Waals surface area (Å²) in [4.78, 5) is 10.6. The number of ether oxygens (including phenoxy) is 1. The van der Waals surface area contributed by atoms with Crippen LogP contribution in [-0.4, -0.2) is 17.7 Å². The molecule has 1 aromatic rings. The van der Waals surface area contributed by atoms with Crippen molar-refractivity contribution in [2.45, 2.75) is 20.3 Å². The highest BCUT2D eigenvalue weighted by molar-refractivity contribution is 5.70. The molecule has 0 radical (unpaired) electrons. The van der Waals surface area contributed by atoms with Gasteiger partial charge in [-0.15, -0.1) is 6.42 Å². The molecule has 16 heavy (non-hydrogen) atoms. The van der Waals surface area contributed by atoms with Crippen LogP contribution < -0.4 is 4.74 Å². The van der Waals surface area contributed by atoms with E-state index in [1.807, 2.05) is 26.0 Å². The molecule has 0 aromatic heterocycles. The van der Waals surface area contributed by atoms with Gasteiger partial charge in [0.1, 0.15) is 12.4 Å². The minimum absolute atomic E-state index is 0.0249. The molecule has 1 rings (SSSR count). The van der Waals surface area contributed by atoms with Crippen LogP contribution >= 0.6 is 0 Å². The van der Waals surface area contributed by atoms with Crippen LogP contribution in [0.4, 0.5) is 0 Å². The first-order valence-corrected chi connectivity index (χ1v) is 4.92. The minimum Gasteiger partial charge on any atom is -0.481 e. The van der Waals surface area contributed by atoms with E-state index in [4.69, 9.17) is 16.3 Å². The maximum atomic E-state index is 10.6. The van der Waals surface area contributed by atoms with Gasteiger partial charge in [-0.3, -0.25) is 4.79 Å². The Morgan fingerprint density at radius 3 is 2.44 bits per heavy atom. The maximum absolute atomic E-state index is 10.6. The summed E-state index contributed by atoms with van der Waals surface area (Å²) in [5.74, 6) is 2.31. The number of rotatable bonds is 4. The van der Waals surface area contributed by atoms with Crippen molar-refractivity contribution in [3.8, 4) is 18.1 Å². The van der Waals surface area contributed by atoms with Gasteiger partial charge in [-0.25, -0.2) is 0 Å². The third-order valence-electron chi connectivity index (χ3n) is 2.18. The summed E-state index contributed by atoms with van der Waals surface area (Å²) < 4.78 is 5.39. The lowest BCUT2D eigenvalue weighted by Gasteiger charge is -2.11. The number of hydrogen-bond acceptors (Lipinski definition) is 2. The van der Waals surface area contributed by atoms with Crippen LogP contribution in [0, 0.1) is 26.2 Å². The van der Waals surface area contributed by atoms with E-state index in [0.717, 1.165) is 22.4 Å². The number of carbonyl (C=O) groups is 1. The molecule has 0 saturated heterocycles. The fourth-order valence-electron chi connectivity index (χ4n) is 1.66. The molecule has 0 unspecified atom stereocenters. The largest absolute Gasteiger partial charge is 0.481 e. The van der Waals surface area contributed by atoms with Gasteiger partial charge in [0.2, 0.25) is 0 Å². The Hall–Kier alpha value is -1.95. The number of aliphatic carboxylic acids is 1. The average molecular weight is 218 g/mol. The van der Waals surface area contributed by atoms with E-state index in [1.165, 1.54) is 0 Å². The molecule has 1 N–H and O–H groups in total. The lowest BCUT2D eigenvalue weighted by molar-refractivity contribution is -0.136. The van der Waals surface area contributed by atoms with Gasteiger partial charge in [0.25, 0.3) is 0 Å². The second-order valence-corrected chi connectivity index (χ2v) is 3.62. The third-order valence-corrected chi connectivity index (χ3v) is 2.18. The molecule has 0 saturated carbocycles. The highest BCUT2D eigenvalue weighted by Gasteiger charge is 2.08. The molecule has 84 valence electrons. The van der Waals surface area contributed by atoms with Crippen molar-refractivity contribution in [2.75, 3.05) is 6.61 Å². The third kappa shape index (κ3) is 3.03. The van der Waals surface area contributed by atoms with Crippen LogP contribution in [0.1, 0.15) is 16.7 Å². The molecule has 0 fully saturated rings. The zero-order valence-electron chi connectivity index (χ0n) is 9.41. The predicted octanol–water partition coefficient (Wildman–Crippen LogP) is 1.94. The summed E-state index contributed by atoms with van der Waals surface area (Å²) in [7, 11) is 0. The summed E-state index contributed by atoms with van der Waals surface area (Å²) in [6.45, 7) is 3.98. The van der Waals surface area contributed by atoms with Gasteiger partial charge in [0.15, 0.2) is 0 Å². The Morgan fingerprint density at radius 1 is 1.44 bits per heavy atom. The molecule has 3 nitrogen and oxygen atoms in total. The summed E-state index contributed by atoms with van der Waals surface area (Å²) in [6, 6.07) is 3.62. The van der Waals surface area contributed by atoms with E-state index in [0.29, 0.717) is 0 Å². The quantitative estimate of drug-likeness (QED) is 0.785. The molecule has 0 bridgehead atoms. The number of aryl methyl sites for hydroxylation is 2. The van der Waals surface area contributed by atoms with E-state index < -0.39 is 5.97 Å². The molecule has 3 heteroatoms. The van der Waals surface area contributed by atoms with Crippen molar-refractivity contribution in [1.82, 2.24) is 0 Å². The van der Waals surface area contributed by atoms with Crippen molar-refractivity contribution >= 4 is 5.97 Å². The van der Waals surface area contributed by atoms with E-state index >= 15 is 0 Å². The van der Waals surface area contributed by atoms with Gasteiger partial charge in [-0.05, 0) is 30.5 Å². The zero-order valence-corrected chi connectivity index (χ0v) is 9.41. The number of terminal acetylenes is 1. The summed E-state index contributed by atoms with van der Waals surface area (Å²) in [5, 5.41) is 8.70. The molecule has 0 atom stereocenters. The monoisotopic (exact) mass is 218 g/mol. The number of carboxylic acids is 1. The molecule has 0 aliphatic rings. The normalized spacial score (nSPS) is 9.56. The van der Waals surface area contributed by atoms with Crippen molar-refractivity contribution in [1.29, 1.82) is 0 Å². The van der Waals surface area contributed by atoms with Gasteiger partial charge in [0, 0.05) is 0 Å². The smallest absolute Gasteiger partial charge is 0.307 e. The number of carboxylic acid groups (broad SMARTS) is 1. The molecule has 0 aliphatic heterocycles. The first-order valence-electron chi connectivity index (χ1n) is 4.92. The Kier molecular flexibility index (Phi) is 3.96. The summed E-state index contributed by atoms with van der Waals surface area (Å²) >= 11 is 0. The second-order valence-electron chi connectivity index (χ2n) is 3.62. The highest BCUT2D eigenvalue weighted by Crippen LogP contribution is 2.24. The first-order chi connectivity index (χ1) is 7.54. The molecule has 0 heterocycles. The lowest BCUT2D eigenvalue weighted by Crippen LogP contribution is -2.03. The Balaban J connectivity index is 2.98. The fraction of sp³-hybridized carbons (Fsp3) is 0.308. The van der Waals surface area contributed by atoms with Crippen molar-refractivity contribution in [3.05, 3.63) is 28.8 Å². The van der Waals surface area contributed by atoms with Gasteiger partial charge in [-0.1, -0.05) is 18.1 Å². The van der Waals surface area contributed by atoms with Crippen LogP contribution in [0.3, 0.4) is 0 Å². The fourth-order valence-corrected chi connectivity index (χ4v) is 1.66. The van der Waals surface area contributed by atoms with Crippen LogP contribution in [0.2, 0.25) is 0 Å². The van der Waals surface area contributed by atoms with Crippen LogP contribution in [-0.2, 0) is 11.2 Å². The molecule has 0 spiro atoms. The molecular formula is C13H14O3. The average Bonchev–Trinajstić information content (AvgIpc) is 2.15. The molecular weight excluding hydrogens is 204 g/mol. The topological polar surface area (TPSA) is 46.5 Å². The summed E-state index contributed by atoms with van der Waals surface area (Å²) in [6.07, 6.45) is 5.14. The van der Waals surface area contributed by atoms with Crippen LogP contribution in [0.25, 0.3) is 0 Å². The Labute approximate surface area is 95.1 Å². The van der Waals surface area contributed by atoms with Gasteiger partial charge >= 0.3 is 5.97 Å². The minimum atomic E-state index is -0.837. The van der Waals surface area contributed by atoms with Gasteiger partial charge in [-0.2, -0.15) is 0 Å². The van der Waals surface area contributed by atoms with Crippen LogP contribution in [0.5, 0.6) is 5.75 Å².